The molecule has 1 aromatic carbocycles. The fourth-order valence-electron chi connectivity index (χ4n) is 3.84. The summed E-state index contributed by atoms with van der Waals surface area (Å²) in [7, 11) is 0. The van der Waals surface area contributed by atoms with Crippen LogP contribution >= 0.6 is 0 Å². The van der Waals surface area contributed by atoms with E-state index >= 15 is 0 Å². The highest BCUT2D eigenvalue weighted by Crippen LogP contribution is 2.22. The van der Waals surface area contributed by atoms with Crippen molar-refractivity contribution in [3.8, 4) is 5.75 Å². The predicted molar refractivity (Wildman–Crippen MR) is 116 cm³/mol. The molecule has 2 aromatic heterocycles. The van der Waals surface area contributed by atoms with Crippen molar-refractivity contribution < 1.29 is 4.74 Å². The van der Waals surface area contributed by atoms with Gasteiger partial charge in [0.2, 0.25) is 0 Å². The zero-order valence-electron chi connectivity index (χ0n) is 17.7. The van der Waals surface area contributed by atoms with Gasteiger partial charge in [-0.15, -0.1) is 0 Å². The van der Waals surface area contributed by atoms with Crippen LogP contribution in [-0.4, -0.2) is 58.8 Å². The molecular weight excluding hydrogens is 362 g/mol. The SMILES string of the molecule is CCc1nn2cc(C)c(C)nc2c1Cc1ccc(OCCN2CCNCC2)cc1. The monoisotopic (exact) mass is 393 g/mol. The average Bonchev–Trinajstić information content (AvgIpc) is 3.07. The molecule has 0 radical (unpaired) electrons. The minimum Gasteiger partial charge on any atom is -0.492 e. The maximum atomic E-state index is 5.95. The topological polar surface area (TPSA) is 54.7 Å². The Morgan fingerprint density at radius 1 is 1.10 bits per heavy atom. The third-order valence-corrected chi connectivity index (χ3v) is 5.75. The summed E-state index contributed by atoms with van der Waals surface area (Å²) >= 11 is 0. The number of rotatable bonds is 7. The van der Waals surface area contributed by atoms with Crippen LogP contribution in [0.15, 0.2) is 30.5 Å². The molecule has 6 nitrogen and oxygen atoms in total. The lowest BCUT2D eigenvalue weighted by Gasteiger charge is -2.26. The van der Waals surface area contributed by atoms with Gasteiger partial charge in [0, 0.05) is 56.6 Å². The van der Waals surface area contributed by atoms with Gasteiger partial charge in [-0.05, 0) is 43.5 Å². The highest BCUT2D eigenvalue weighted by Gasteiger charge is 2.15. The first-order valence-electron chi connectivity index (χ1n) is 10.6. The van der Waals surface area contributed by atoms with E-state index in [-0.39, 0.29) is 0 Å². The molecule has 1 fully saturated rings. The third-order valence-electron chi connectivity index (χ3n) is 5.75. The summed E-state index contributed by atoms with van der Waals surface area (Å²) in [5, 5.41) is 8.13. The minimum absolute atomic E-state index is 0.732. The quantitative estimate of drug-likeness (QED) is 0.669. The van der Waals surface area contributed by atoms with Crippen molar-refractivity contribution in [3.05, 3.63) is 58.5 Å². The molecule has 1 saturated heterocycles. The van der Waals surface area contributed by atoms with E-state index in [1.807, 2.05) is 4.52 Å². The van der Waals surface area contributed by atoms with Gasteiger partial charge in [0.25, 0.3) is 0 Å². The van der Waals surface area contributed by atoms with Crippen molar-refractivity contribution >= 4 is 5.65 Å². The van der Waals surface area contributed by atoms with E-state index in [2.05, 4.69) is 61.5 Å². The second-order valence-electron chi connectivity index (χ2n) is 7.82. The summed E-state index contributed by atoms with van der Waals surface area (Å²) in [6, 6.07) is 8.47. The second-order valence-corrected chi connectivity index (χ2v) is 7.82. The molecule has 4 rings (SSSR count). The van der Waals surface area contributed by atoms with Crippen LogP contribution in [0.25, 0.3) is 5.65 Å². The zero-order valence-corrected chi connectivity index (χ0v) is 17.7. The Kier molecular flexibility index (Phi) is 6.11. The Labute approximate surface area is 172 Å². The van der Waals surface area contributed by atoms with Crippen LogP contribution < -0.4 is 10.1 Å². The molecule has 3 heterocycles. The van der Waals surface area contributed by atoms with Gasteiger partial charge >= 0.3 is 0 Å². The van der Waals surface area contributed by atoms with Crippen molar-refractivity contribution in [2.75, 3.05) is 39.3 Å². The molecule has 6 heteroatoms. The van der Waals surface area contributed by atoms with Crippen LogP contribution in [0, 0.1) is 13.8 Å². The smallest absolute Gasteiger partial charge is 0.158 e. The highest BCUT2D eigenvalue weighted by atomic mass is 16.5. The Morgan fingerprint density at radius 3 is 2.59 bits per heavy atom. The van der Waals surface area contributed by atoms with Crippen LogP contribution in [0.4, 0.5) is 0 Å². The molecule has 0 aliphatic carbocycles. The second kappa shape index (κ2) is 8.93. The summed E-state index contributed by atoms with van der Waals surface area (Å²) in [6.07, 6.45) is 3.82. The van der Waals surface area contributed by atoms with Crippen LogP contribution in [0.3, 0.4) is 0 Å². The summed E-state index contributed by atoms with van der Waals surface area (Å²) in [5.41, 5.74) is 6.80. The van der Waals surface area contributed by atoms with Gasteiger partial charge in [0.1, 0.15) is 12.4 Å². The Balaban J connectivity index is 1.42. The predicted octanol–water partition coefficient (Wildman–Crippen LogP) is 2.78. The molecule has 0 atom stereocenters. The van der Waals surface area contributed by atoms with Gasteiger partial charge < -0.3 is 10.1 Å². The highest BCUT2D eigenvalue weighted by molar-refractivity contribution is 5.53. The number of aryl methyl sites for hydroxylation is 3. The van der Waals surface area contributed by atoms with Crippen molar-refractivity contribution in [1.82, 2.24) is 24.8 Å². The first kappa shape index (κ1) is 19.9. The van der Waals surface area contributed by atoms with Crippen LogP contribution in [0.1, 0.15) is 35.0 Å². The molecule has 0 saturated carbocycles. The van der Waals surface area contributed by atoms with Crippen molar-refractivity contribution in [1.29, 1.82) is 0 Å². The van der Waals surface area contributed by atoms with Crippen molar-refractivity contribution in [2.45, 2.75) is 33.6 Å². The van der Waals surface area contributed by atoms with E-state index in [4.69, 9.17) is 14.8 Å². The number of ether oxygens (including phenoxy) is 1. The van der Waals surface area contributed by atoms with Crippen molar-refractivity contribution in [2.24, 2.45) is 0 Å². The Hall–Kier alpha value is -2.44. The van der Waals surface area contributed by atoms with Gasteiger partial charge in [-0.2, -0.15) is 5.10 Å². The van der Waals surface area contributed by atoms with Gasteiger partial charge in [-0.25, -0.2) is 9.50 Å². The maximum Gasteiger partial charge on any atom is 0.158 e. The molecule has 1 N–H and O–H groups in total. The molecule has 0 bridgehead atoms. The lowest BCUT2D eigenvalue weighted by molar-refractivity contribution is 0.191. The number of piperazine rings is 1. The van der Waals surface area contributed by atoms with Gasteiger partial charge in [-0.3, -0.25) is 4.90 Å². The molecule has 0 unspecified atom stereocenters. The maximum absolute atomic E-state index is 5.95. The number of nitrogens with zero attached hydrogens (tertiary/aromatic N) is 4. The summed E-state index contributed by atoms with van der Waals surface area (Å²) in [5.74, 6) is 0.934. The van der Waals surface area contributed by atoms with E-state index in [1.165, 1.54) is 11.1 Å². The lowest BCUT2D eigenvalue weighted by Crippen LogP contribution is -2.44. The van der Waals surface area contributed by atoms with Gasteiger partial charge in [0.15, 0.2) is 5.65 Å². The number of benzene rings is 1. The summed E-state index contributed by atoms with van der Waals surface area (Å²) in [6.45, 7) is 12.4. The third kappa shape index (κ3) is 4.60. The zero-order chi connectivity index (χ0) is 20.2. The molecule has 1 aliphatic rings. The number of fused-ring (bicyclic) bond motifs is 1. The van der Waals surface area contributed by atoms with E-state index in [1.54, 1.807) is 0 Å². The van der Waals surface area contributed by atoms with E-state index < -0.39 is 0 Å². The molecule has 154 valence electrons. The number of aromatic nitrogens is 3. The number of hydrogen-bond donors (Lipinski definition) is 1. The fraction of sp³-hybridized carbons (Fsp3) is 0.478. The molecule has 29 heavy (non-hydrogen) atoms. The number of nitrogens with one attached hydrogen (secondary N) is 1. The molecule has 0 spiro atoms. The summed E-state index contributed by atoms with van der Waals surface area (Å²) < 4.78 is 7.89. The van der Waals surface area contributed by atoms with E-state index in [9.17, 15) is 0 Å². The normalized spacial score (nSPS) is 15.1. The largest absolute Gasteiger partial charge is 0.492 e. The van der Waals surface area contributed by atoms with Crippen LogP contribution in [0.5, 0.6) is 5.75 Å². The Bertz CT molecular complexity index is 958. The Morgan fingerprint density at radius 2 is 1.86 bits per heavy atom. The first-order chi connectivity index (χ1) is 14.1. The fourth-order valence-corrected chi connectivity index (χ4v) is 3.84. The first-order valence-corrected chi connectivity index (χ1v) is 10.6. The minimum atomic E-state index is 0.732. The standard InChI is InChI=1S/C23H31N5O/c1-4-22-21(23-25-18(3)17(2)16-28(23)26-22)15-19-5-7-20(8-6-19)29-14-13-27-11-9-24-10-12-27/h5-8,16,24H,4,9-15H2,1-3H3. The van der Waals surface area contributed by atoms with Gasteiger partial charge in [-0.1, -0.05) is 19.1 Å². The molecule has 1 aliphatic heterocycles. The van der Waals surface area contributed by atoms with Crippen LogP contribution in [0.2, 0.25) is 0 Å². The van der Waals surface area contributed by atoms with Crippen molar-refractivity contribution in [3.63, 3.8) is 0 Å². The summed E-state index contributed by atoms with van der Waals surface area (Å²) in [4.78, 5) is 7.25. The van der Waals surface area contributed by atoms with E-state index in [0.717, 1.165) is 80.5 Å². The average molecular weight is 394 g/mol. The lowest BCUT2D eigenvalue weighted by atomic mass is 10.0. The molecular formula is C23H31N5O. The molecule has 3 aromatic rings. The van der Waals surface area contributed by atoms with E-state index in [0.29, 0.717) is 0 Å². The number of hydrogen-bond acceptors (Lipinski definition) is 5. The van der Waals surface area contributed by atoms with Crippen LogP contribution in [-0.2, 0) is 12.8 Å². The molecule has 0 amide bonds. The van der Waals surface area contributed by atoms with Gasteiger partial charge in [0.05, 0.1) is 5.69 Å².